The Hall–Kier alpha value is -3.51. The predicted octanol–water partition coefficient (Wildman–Crippen LogP) is 5.56. The Bertz CT molecular complexity index is 1260. The molecule has 0 aliphatic heterocycles. The summed E-state index contributed by atoms with van der Waals surface area (Å²) in [5.41, 5.74) is 0.812. The van der Waals surface area contributed by atoms with Crippen LogP contribution in [0.3, 0.4) is 0 Å². The van der Waals surface area contributed by atoms with Crippen LogP contribution in [-0.2, 0) is 6.54 Å². The van der Waals surface area contributed by atoms with E-state index in [4.69, 9.17) is 4.74 Å². The van der Waals surface area contributed by atoms with Crippen LogP contribution in [0.2, 0.25) is 0 Å². The maximum absolute atomic E-state index is 14.3. The number of hydrogen-bond acceptors (Lipinski definition) is 3. The smallest absolute Gasteiger partial charge is 0.279 e. The quantitative estimate of drug-likeness (QED) is 0.409. The molecule has 0 fully saturated rings. The van der Waals surface area contributed by atoms with Crippen molar-refractivity contribution in [3.63, 3.8) is 0 Å². The van der Waals surface area contributed by atoms with E-state index in [1.807, 2.05) is 30.3 Å². The summed E-state index contributed by atoms with van der Waals surface area (Å²) in [4.78, 5) is 17.5. The SMILES string of the molecule is C=CCn1c(=NC(=O)c2cccc(Oc3ccccc3)c2)sc2cccc(F)c21. The van der Waals surface area contributed by atoms with Gasteiger partial charge < -0.3 is 9.30 Å². The second-order valence-electron chi connectivity index (χ2n) is 6.23. The highest BCUT2D eigenvalue weighted by atomic mass is 32.1. The molecule has 1 aromatic heterocycles. The molecule has 0 aliphatic carbocycles. The molecule has 144 valence electrons. The number of allylic oxidation sites excluding steroid dienone is 1. The maximum Gasteiger partial charge on any atom is 0.279 e. The first-order valence-corrected chi connectivity index (χ1v) is 9.78. The normalized spacial score (nSPS) is 11.6. The molecule has 29 heavy (non-hydrogen) atoms. The van der Waals surface area contributed by atoms with Gasteiger partial charge in [0.25, 0.3) is 5.91 Å². The molecule has 0 saturated heterocycles. The van der Waals surface area contributed by atoms with E-state index in [0.29, 0.717) is 33.9 Å². The number of carbonyl (C=O) groups is 1. The summed E-state index contributed by atoms with van der Waals surface area (Å²) >= 11 is 1.26. The van der Waals surface area contributed by atoms with E-state index in [1.54, 1.807) is 47.0 Å². The molecule has 1 amide bonds. The lowest BCUT2D eigenvalue weighted by atomic mass is 10.2. The molecule has 0 saturated carbocycles. The van der Waals surface area contributed by atoms with Gasteiger partial charge in [-0.05, 0) is 42.5 Å². The number of thiazole rings is 1. The van der Waals surface area contributed by atoms with E-state index >= 15 is 0 Å². The Morgan fingerprint density at radius 2 is 1.83 bits per heavy atom. The van der Waals surface area contributed by atoms with Crippen molar-refractivity contribution in [2.45, 2.75) is 6.54 Å². The lowest BCUT2D eigenvalue weighted by Crippen LogP contribution is -2.16. The number of aromatic nitrogens is 1. The van der Waals surface area contributed by atoms with Crippen LogP contribution < -0.4 is 9.54 Å². The van der Waals surface area contributed by atoms with E-state index in [9.17, 15) is 9.18 Å². The Labute approximate surface area is 170 Å². The van der Waals surface area contributed by atoms with E-state index in [0.717, 1.165) is 4.70 Å². The lowest BCUT2D eigenvalue weighted by molar-refractivity contribution is 0.0997. The van der Waals surface area contributed by atoms with E-state index < -0.39 is 5.91 Å². The van der Waals surface area contributed by atoms with Crippen molar-refractivity contribution >= 4 is 27.5 Å². The Morgan fingerprint density at radius 1 is 1.07 bits per heavy atom. The number of amides is 1. The molecule has 0 N–H and O–H groups in total. The summed E-state index contributed by atoms with van der Waals surface area (Å²) in [7, 11) is 0. The van der Waals surface area contributed by atoms with E-state index in [2.05, 4.69) is 11.6 Å². The molecular weight excluding hydrogens is 387 g/mol. The third-order valence-corrected chi connectivity index (χ3v) is 5.26. The van der Waals surface area contributed by atoms with Gasteiger partial charge in [0.2, 0.25) is 0 Å². The summed E-state index contributed by atoms with van der Waals surface area (Å²) in [6.07, 6.45) is 1.65. The average Bonchev–Trinajstić information content (AvgIpc) is 3.07. The van der Waals surface area contributed by atoms with Gasteiger partial charge in [-0.2, -0.15) is 4.99 Å². The number of benzene rings is 3. The molecule has 0 aliphatic rings. The molecule has 0 atom stereocenters. The molecule has 6 heteroatoms. The van der Waals surface area contributed by atoms with Gasteiger partial charge in [-0.15, -0.1) is 6.58 Å². The largest absolute Gasteiger partial charge is 0.457 e. The molecule has 0 bridgehead atoms. The number of nitrogens with zero attached hydrogens (tertiary/aromatic N) is 2. The van der Waals surface area contributed by atoms with Gasteiger partial charge in [-0.25, -0.2) is 4.39 Å². The van der Waals surface area contributed by atoms with Crippen molar-refractivity contribution in [2.75, 3.05) is 0 Å². The number of para-hydroxylation sites is 2. The van der Waals surface area contributed by atoms with Crippen LogP contribution in [0.25, 0.3) is 10.2 Å². The number of fused-ring (bicyclic) bond motifs is 1. The first-order chi connectivity index (χ1) is 14.2. The fourth-order valence-corrected chi connectivity index (χ4v) is 3.99. The van der Waals surface area contributed by atoms with Gasteiger partial charge in [-0.1, -0.05) is 47.7 Å². The van der Waals surface area contributed by atoms with E-state index in [1.165, 1.54) is 17.4 Å². The van der Waals surface area contributed by atoms with Crippen molar-refractivity contribution < 1.29 is 13.9 Å². The van der Waals surface area contributed by atoms with Crippen molar-refractivity contribution in [2.24, 2.45) is 4.99 Å². The number of ether oxygens (including phenoxy) is 1. The molecule has 4 nitrogen and oxygen atoms in total. The maximum atomic E-state index is 14.3. The highest BCUT2D eigenvalue weighted by Crippen LogP contribution is 2.23. The van der Waals surface area contributed by atoms with Crippen molar-refractivity contribution in [3.8, 4) is 11.5 Å². The molecule has 4 rings (SSSR count). The number of carbonyl (C=O) groups excluding carboxylic acids is 1. The second kappa shape index (κ2) is 8.24. The Balaban J connectivity index is 1.71. The van der Waals surface area contributed by atoms with Crippen LogP contribution in [0.4, 0.5) is 4.39 Å². The highest BCUT2D eigenvalue weighted by Gasteiger charge is 2.12. The van der Waals surface area contributed by atoms with Gasteiger partial charge >= 0.3 is 0 Å². The van der Waals surface area contributed by atoms with Crippen LogP contribution in [-0.4, -0.2) is 10.5 Å². The first kappa shape index (κ1) is 18.8. The van der Waals surface area contributed by atoms with Crippen molar-refractivity contribution in [1.29, 1.82) is 0 Å². The van der Waals surface area contributed by atoms with Crippen LogP contribution in [0.1, 0.15) is 10.4 Å². The minimum atomic E-state index is -0.423. The van der Waals surface area contributed by atoms with Crippen molar-refractivity contribution in [1.82, 2.24) is 4.57 Å². The van der Waals surface area contributed by atoms with Crippen LogP contribution in [0.15, 0.2) is 90.4 Å². The zero-order valence-electron chi connectivity index (χ0n) is 15.4. The zero-order valence-corrected chi connectivity index (χ0v) is 16.2. The molecule has 0 radical (unpaired) electrons. The molecule has 3 aromatic carbocycles. The van der Waals surface area contributed by atoms with Gasteiger partial charge in [0, 0.05) is 12.1 Å². The number of halogens is 1. The number of rotatable bonds is 5. The summed E-state index contributed by atoms with van der Waals surface area (Å²) in [5, 5.41) is 0. The molecule has 1 heterocycles. The topological polar surface area (TPSA) is 43.6 Å². The van der Waals surface area contributed by atoms with Gasteiger partial charge in [0.15, 0.2) is 4.80 Å². The second-order valence-corrected chi connectivity index (χ2v) is 7.24. The fourth-order valence-electron chi connectivity index (χ4n) is 2.94. The Kier molecular flexibility index (Phi) is 5.35. The summed E-state index contributed by atoms with van der Waals surface area (Å²) in [5.74, 6) is 0.442. The first-order valence-electron chi connectivity index (χ1n) is 8.96. The van der Waals surface area contributed by atoms with Crippen LogP contribution in [0, 0.1) is 5.82 Å². The third kappa shape index (κ3) is 4.02. The standard InChI is InChI=1S/C23H17FN2O2S/c1-2-14-26-21-19(24)12-7-13-20(21)29-23(26)25-22(27)16-8-6-11-18(15-16)28-17-9-4-3-5-10-17/h2-13,15H,1,14H2. The van der Waals surface area contributed by atoms with E-state index in [-0.39, 0.29) is 5.82 Å². The Morgan fingerprint density at radius 3 is 2.62 bits per heavy atom. The van der Waals surface area contributed by atoms with Crippen LogP contribution >= 0.6 is 11.3 Å². The summed E-state index contributed by atoms with van der Waals surface area (Å²) < 4.78 is 22.5. The molecule has 0 spiro atoms. The number of hydrogen-bond donors (Lipinski definition) is 0. The van der Waals surface area contributed by atoms with Crippen LogP contribution in [0.5, 0.6) is 11.5 Å². The minimum Gasteiger partial charge on any atom is -0.457 e. The summed E-state index contributed by atoms with van der Waals surface area (Å²) in [6.45, 7) is 4.07. The lowest BCUT2D eigenvalue weighted by Gasteiger charge is -2.06. The average molecular weight is 404 g/mol. The fraction of sp³-hybridized carbons (Fsp3) is 0.0435. The predicted molar refractivity (Wildman–Crippen MR) is 113 cm³/mol. The molecular formula is C23H17FN2O2S. The van der Waals surface area contributed by atoms with Gasteiger partial charge in [-0.3, -0.25) is 4.79 Å². The third-order valence-electron chi connectivity index (χ3n) is 4.22. The zero-order chi connectivity index (χ0) is 20.2. The summed E-state index contributed by atoms with van der Waals surface area (Å²) in [6, 6.07) is 21.0. The highest BCUT2D eigenvalue weighted by molar-refractivity contribution is 7.16. The molecule has 0 unspecified atom stereocenters. The molecule has 4 aromatic rings. The van der Waals surface area contributed by atoms with Gasteiger partial charge in [0.1, 0.15) is 17.3 Å². The minimum absolute atomic E-state index is 0.351. The van der Waals surface area contributed by atoms with Crippen molar-refractivity contribution in [3.05, 3.63) is 102 Å². The van der Waals surface area contributed by atoms with Gasteiger partial charge in [0.05, 0.1) is 10.2 Å². The monoisotopic (exact) mass is 404 g/mol.